The van der Waals surface area contributed by atoms with Crippen LogP contribution in [0.2, 0.25) is 0 Å². The Morgan fingerprint density at radius 1 is 0.107 bits per heavy atom. The molecule has 7 aromatic rings. The number of hydrogen-bond donors (Lipinski definition) is 0. The van der Waals surface area contributed by atoms with Crippen molar-refractivity contribution in [2.24, 2.45) is 0 Å². The first-order chi connectivity index (χ1) is 26.0. The van der Waals surface area contributed by atoms with Crippen LogP contribution in [0.3, 0.4) is 0 Å². The maximum Gasteiger partial charge on any atom is 0.115 e. The van der Waals surface area contributed by atoms with Crippen molar-refractivity contribution in [2.45, 2.75) is 0 Å². The van der Waals surface area contributed by atoms with Gasteiger partial charge in [0.05, 0.1) is 0 Å². The summed E-state index contributed by atoms with van der Waals surface area (Å²) in [5, 5.41) is 0.688. The zero-order valence-corrected chi connectivity index (χ0v) is 29.7. The standard InChI is InChI=1S/C34B22/c35-13-3(8-9(19(41)29(51)28(50)18(8)40)10-12(13)23(45)31(53)30(52)20(10)42)1-4-6(16(38)26(48)24(46)14(4)36)2(7-5(1)15(37)25(47)27(49)17(7)39)11-21(43)32(54)34(56)33(55)22(11)44. The third kappa shape index (κ3) is 5.17. The van der Waals surface area contributed by atoms with Crippen LogP contribution >= 0.6 is 0 Å². The second kappa shape index (κ2) is 13.8. The van der Waals surface area contributed by atoms with Crippen molar-refractivity contribution in [1.82, 2.24) is 0 Å². The first-order valence-corrected chi connectivity index (χ1v) is 16.4. The minimum atomic E-state index is -0.144. The Balaban J connectivity index is 2.01. The molecule has 22 heteroatoms. The van der Waals surface area contributed by atoms with Crippen LogP contribution in [0.25, 0.3) is 65.3 Å². The summed E-state index contributed by atoms with van der Waals surface area (Å²) < 4.78 is 0. The molecule has 0 fully saturated rings. The van der Waals surface area contributed by atoms with Gasteiger partial charge in [0.2, 0.25) is 0 Å². The Hall–Kier alpha value is -2.99. The Labute approximate surface area is 356 Å². The lowest BCUT2D eigenvalue weighted by Gasteiger charge is -2.33. The molecule has 0 atom stereocenters. The highest BCUT2D eigenvalue weighted by Crippen LogP contribution is 2.41. The van der Waals surface area contributed by atoms with Crippen molar-refractivity contribution in [3.63, 3.8) is 0 Å². The molecule has 0 N–H and O–H groups in total. The van der Waals surface area contributed by atoms with Gasteiger partial charge in [0, 0.05) is 0 Å². The van der Waals surface area contributed by atoms with Gasteiger partial charge in [-0.05, 0) is 65.3 Å². The van der Waals surface area contributed by atoms with Crippen LogP contribution in [-0.2, 0) is 0 Å². The second-order valence-corrected chi connectivity index (χ2v) is 13.6. The smallest absolute Gasteiger partial charge is 0.112 e. The fraction of sp³-hybridized carbons (Fsp3) is 0. The summed E-state index contributed by atoms with van der Waals surface area (Å²) in [6, 6.07) is 0. The predicted molar refractivity (Wildman–Crippen MR) is 266 cm³/mol. The maximum absolute atomic E-state index is 7.22. The zero-order chi connectivity index (χ0) is 41.6. The van der Waals surface area contributed by atoms with Gasteiger partial charge in [-0.15, -0.1) is 60.1 Å². The SMILES string of the molecule is [B]c1c([B])c([B])c(-c2c3c([B])c([B])c([B])c([B])c3c(-c3c([B])c4c([B])c([B])c([B])c([B])c4c4c([B])c([B])c([B])c([B])c34)c3c([B])c([B])c([B])c([B])c23)c([B])c1[B]. The zero-order valence-electron chi connectivity index (χ0n) is 29.7. The second-order valence-electron chi connectivity index (χ2n) is 13.6. The van der Waals surface area contributed by atoms with Crippen LogP contribution < -0.4 is 120 Å². The van der Waals surface area contributed by atoms with Crippen LogP contribution in [0.15, 0.2) is 0 Å². The Morgan fingerprint density at radius 2 is 0.286 bits per heavy atom. The van der Waals surface area contributed by atoms with Crippen LogP contribution in [0, 0.1) is 0 Å². The molecule has 56 heavy (non-hydrogen) atoms. The van der Waals surface area contributed by atoms with E-state index in [1.165, 1.54) is 0 Å². The molecule has 0 aliphatic heterocycles. The molecule has 0 spiro atoms. The molecule has 0 unspecified atom stereocenters. The fourth-order valence-electron chi connectivity index (χ4n) is 7.80. The summed E-state index contributed by atoms with van der Waals surface area (Å²) >= 11 is 0. The van der Waals surface area contributed by atoms with Gasteiger partial charge in [0.25, 0.3) is 0 Å². The minimum Gasteiger partial charge on any atom is -0.112 e. The van der Waals surface area contributed by atoms with E-state index in [1.54, 1.807) is 0 Å². The van der Waals surface area contributed by atoms with Crippen molar-refractivity contribution in [2.75, 3.05) is 0 Å². The summed E-state index contributed by atoms with van der Waals surface area (Å²) in [6.45, 7) is 0. The third-order valence-electron chi connectivity index (χ3n) is 10.9. The Kier molecular flexibility index (Phi) is 10.2. The normalized spacial score (nSPS) is 11.7. The van der Waals surface area contributed by atoms with E-state index in [-0.39, 0.29) is 186 Å². The van der Waals surface area contributed by atoms with Gasteiger partial charge < -0.3 is 0 Å². The molecule has 44 radical (unpaired) electrons. The third-order valence-corrected chi connectivity index (χ3v) is 10.9. The van der Waals surface area contributed by atoms with Crippen LogP contribution in [0.4, 0.5) is 0 Å². The Bertz CT molecular complexity index is 2930. The van der Waals surface area contributed by atoms with Gasteiger partial charge in [-0.3, -0.25) is 0 Å². The van der Waals surface area contributed by atoms with E-state index in [0.717, 1.165) is 0 Å². The number of hydrogen-bond acceptors (Lipinski definition) is 0. The number of rotatable bonds is 2. The van der Waals surface area contributed by atoms with Crippen LogP contribution in [0.1, 0.15) is 0 Å². The highest BCUT2D eigenvalue weighted by Gasteiger charge is 2.30. The molecule has 0 aromatic heterocycles. The fourth-order valence-corrected chi connectivity index (χ4v) is 7.80. The molecule has 0 aliphatic rings. The first kappa shape index (κ1) is 41.2. The van der Waals surface area contributed by atoms with Crippen LogP contribution in [0.5, 0.6) is 0 Å². The molecular formula is C34B22. The van der Waals surface area contributed by atoms with E-state index in [2.05, 4.69) is 0 Å². The summed E-state index contributed by atoms with van der Waals surface area (Å²) in [6.07, 6.45) is 0. The molecule has 0 nitrogen and oxygen atoms in total. The van der Waals surface area contributed by atoms with Crippen molar-refractivity contribution >= 4 is 336 Å². The highest BCUT2D eigenvalue weighted by atomic mass is 14.3. The molecule has 202 valence electrons. The summed E-state index contributed by atoms with van der Waals surface area (Å²) in [5.74, 6) is 0. The van der Waals surface area contributed by atoms with E-state index >= 15 is 0 Å². The van der Waals surface area contributed by atoms with Crippen molar-refractivity contribution in [1.29, 1.82) is 0 Å². The van der Waals surface area contributed by atoms with Crippen molar-refractivity contribution < 1.29 is 0 Å². The van der Waals surface area contributed by atoms with Gasteiger partial charge >= 0.3 is 0 Å². The molecule has 0 saturated carbocycles. The molecule has 0 amide bonds. The molecule has 7 aromatic carbocycles. The largest absolute Gasteiger partial charge is 0.115 e. The lowest BCUT2D eigenvalue weighted by atomic mass is 9.55. The average molecular weight is 646 g/mol. The maximum atomic E-state index is 7.22. The summed E-state index contributed by atoms with van der Waals surface area (Å²) in [7, 11) is 146. The monoisotopic (exact) mass is 650 g/mol. The van der Waals surface area contributed by atoms with Gasteiger partial charge in [-0.1, -0.05) is 60.1 Å². The molecule has 0 aliphatic carbocycles. The summed E-state index contributed by atoms with van der Waals surface area (Å²) in [4.78, 5) is 0. The first-order valence-electron chi connectivity index (χ1n) is 16.4. The quantitative estimate of drug-likeness (QED) is 0.0997. The van der Waals surface area contributed by atoms with E-state index < -0.39 is 0 Å². The molecule has 7 rings (SSSR count). The topological polar surface area (TPSA) is 0 Å². The van der Waals surface area contributed by atoms with Gasteiger partial charge in [0.15, 0.2) is 0 Å². The predicted octanol–water partition coefficient (Wildman–Crippen LogP) is -16.9. The lowest BCUT2D eigenvalue weighted by molar-refractivity contribution is 1.86. The molecular weight excluding hydrogens is 646 g/mol. The van der Waals surface area contributed by atoms with E-state index in [0.29, 0.717) is 0 Å². The van der Waals surface area contributed by atoms with Crippen molar-refractivity contribution in [3.05, 3.63) is 0 Å². The van der Waals surface area contributed by atoms with Crippen LogP contribution in [-0.4, -0.2) is 173 Å². The number of fused-ring (bicyclic) bond motifs is 5. The molecule has 0 saturated heterocycles. The van der Waals surface area contributed by atoms with Gasteiger partial charge in [-0.25, -0.2) is 0 Å². The Morgan fingerprint density at radius 3 is 0.589 bits per heavy atom. The lowest BCUT2D eigenvalue weighted by Crippen LogP contribution is -2.55. The average Bonchev–Trinajstić information content (AvgIpc) is 3.17. The summed E-state index contributed by atoms with van der Waals surface area (Å²) in [5.41, 5.74) is -2.23. The number of benzene rings is 7. The van der Waals surface area contributed by atoms with Gasteiger partial charge in [-0.2, -0.15) is 0 Å². The van der Waals surface area contributed by atoms with E-state index in [4.69, 9.17) is 173 Å². The van der Waals surface area contributed by atoms with E-state index in [1.807, 2.05) is 0 Å². The minimum absolute atomic E-state index is 0.0127. The molecule has 0 bridgehead atoms. The molecule has 0 heterocycles. The van der Waals surface area contributed by atoms with Gasteiger partial charge in [0.1, 0.15) is 173 Å². The highest BCUT2D eigenvalue weighted by molar-refractivity contribution is 6.77. The van der Waals surface area contributed by atoms with E-state index in [9.17, 15) is 0 Å². The van der Waals surface area contributed by atoms with Crippen molar-refractivity contribution in [3.8, 4) is 22.3 Å².